The Morgan fingerprint density at radius 1 is 1.00 bits per heavy atom. The van der Waals surface area contributed by atoms with Crippen molar-refractivity contribution in [3.05, 3.63) is 66.2 Å². The molecule has 0 aliphatic carbocycles. The van der Waals surface area contributed by atoms with E-state index < -0.39 is 10.0 Å². The quantitative estimate of drug-likeness (QED) is 0.642. The lowest BCUT2D eigenvalue weighted by molar-refractivity contribution is 0.187. The highest BCUT2D eigenvalue weighted by molar-refractivity contribution is 7.89. The highest BCUT2D eigenvalue weighted by Gasteiger charge is 2.21. The van der Waals surface area contributed by atoms with Gasteiger partial charge in [-0.3, -0.25) is 0 Å². The van der Waals surface area contributed by atoms with Crippen molar-refractivity contribution in [2.24, 2.45) is 5.92 Å². The number of rotatable bonds is 7. The van der Waals surface area contributed by atoms with Gasteiger partial charge in [0, 0.05) is 24.0 Å². The van der Waals surface area contributed by atoms with Gasteiger partial charge < -0.3 is 9.88 Å². The molecular weight excluding hydrogens is 370 g/mol. The fraction of sp³-hybridized carbons (Fsp3) is 0.364. The monoisotopic (exact) mass is 397 g/mol. The summed E-state index contributed by atoms with van der Waals surface area (Å²) in [6.07, 6.45) is 3.48. The number of likely N-dealkylation sites (tertiary alicyclic amines) is 1. The second-order valence-electron chi connectivity index (χ2n) is 7.59. The van der Waals surface area contributed by atoms with Gasteiger partial charge in [0.15, 0.2) is 0 Å². The van der Waals surface area contributed by atoms with Crippen LogP contribution in [0.3, 0.4) is 0 Å². The summed E-state index contributed by atoms with van der Waals surface area (Å²) in [6.45, 7) is 3.25. The molecule has 1 aliphatic rings. The van der Waals surface area contributed by atoms with Crippen LogP contribution in [0.2, 0.25) is 0 Å². The Bertz CT molecular complexity index is 973. The molecule has 28 heavy (non-hydrogen) atoms. The number of hydrogen-bond acceptors (Lipinski definition) is 3. The van der Waals surface area contributed by atoms with Crippen LogP contribution in [0, 0.1) is 5.92 Å². The number of para-hydroxylation sites is 1. The molecule has 0 amide bonds. The number of hydrogen-bond donors (Lipinski definition) is 2. The van der Waals surface area contributed by atoms with E-state index in [1.54, 1.807) is 6.07 Å². The maximum absolute atomic E-state index is 12.5. The van der Waals surface area contributed by atoms with E-state index in [9.17, 15) is 8.42 Å². The van der Waals surface area contributed by atoms with Gasteiger partial charge in [-0.25, -0.2) is 13.1 Å². The minimum Gasteiger partial charge on any atom is -0.345 e. The zero-order valence-electron chi connectivity index (χ0n) is 16.0. The molecule has 2 N–H and O–H groups in total. The van der Waals surface area contributed by atoms with E-state index in [1.807, 2.05) is 24.3 Å². The standard InChI is InChI=1S/C22H27N3O2S/c26-28(27,22-17-20-8-4-5-9-21(20)24-22)23-12-15-25-13-10-19(11-14-25)16-18-6-2-1-3-7-18/h1-9,17,19,23-24H,10-16H2. The molecule has 2 aromatic carbocycles. The lowest BCUT2D eigenvalue weighted by atomic mass is 9.90. The van der Waals surface area contributed by atoms with Crippen molar-refractivity contribution >= 4 is 20.9 Å². The SMILES string of the molecule is O=S(=O)(NCCN1CCC(Cc2ccccc2)CC1)c1cc2ccccc2[nH]1. The lowest BCUT2D eigenvalue weighted by Gasteiger charge is -2.32. The first kappa shape index (κ1) is 19.2. The van der Waals surface area contributed by atoms with Crippen LogP contribution in [0.5, 0.6) is 0 Å². The Balaban J connectivity index is 1.24. The number of sulfonamides is 1. The summed E-state index contributed by atoms with van der Waals surface area (Å²) in [5.74, 6) is 0.724. The molecule has 0 atom stereocenters. The van der Waals surface area contributed by atoms with Crippen molar-refractivity contribution in [2.45, 2.75) is 24.3 Å². The molecule has 0 saturated carbocycles. The molecular formula is C22H27N3O2S. The Hall–Kier alpha value is -2.15. The van der Waals surface area contributed by atoms with Gasteiger partial charge in [0.2, 0.25) is 0 Å². The van der Waals surface area contributed by atoms with E-state index in [-0.39, 0.29) is 5.03 Å². The molecule has 0 bridgehead atoms. The molecule has 4 rings (SSSR count). The summed E-state index contributed by atoms with van der Waals surface area (Å²) in [4.78, 5) is 5.35. The van der Waals surface area contributed by atoms with Crippen molar-refractivity contribution in [1.82, 2.24) is 14.6 Å². The Labute approximate surface area is 166 Å². The molecule has 6 heteroatoms. The maximum atomic E-state index is 12.5. The minimum absolute atomic E-state index is 0.232. The molecule has 0 spiro atoms. The van der Waals surface area contributed by atoms with Gasteiger partial charge in [0.1, 0.15) is 5.03 Å². The van der Waals surface area contributed by atoms with E-state index in [4.69, 9.17) is 0 Å². The summed E-state index contributed by atoms with van der Waals surface area (Å²) >= 11 is 0. The second-order valence-corrected chi connectivity index (χ2v) is 9.33. The van der Waals surface area contributed by atoms with Gasteiger partial charge in [-0.15, -0.1) is 0 Å². The molecule has 1 aliphatic heterocycles. The second kappa shape index (κ2) is 8.47. The topological polar surface area (TPSA) is 65.2 Å². The zero-order valence-corrected chi connectivity index (χ0v) is 16.8. The molecule has 1 aromatic heterocycles. The van der Waals surface area contributed by atoms with Gasteiger partial charge in [-0.1, -0.05) is 48.5 Å². The van der Waals surface area contributed by atoms with Crippen LogP contribution in [0.4, 0.5) is 0 Å². The number of benzene rings is 2. The molecule has 148 valence electrons. The van der Waals surface area contributed by atoms with E-state index >= 15 is 0 Å². The number of nitrogens with one attached hydrogen (secondary N) is 2. The average Bonchev–Trinajstić information content (AvgIpc) is 3.15. The first-order chi connectivity index (χ1) is 13.6. The lowest BCUT2D eigenvalue weighted by Crippen LogP contribution is -2.40. The van der Waals surface area contributed by atoms with Crippen LogP contribution in [-0.4, -0.2) is 44.5 Å². The summed E-state index contributed by atoms with van der Waals surface area (Å²) in [7, 11) is -3.51. The predicted octanol–water partition coefficient (Wildman–Crippen LogP) is 3.40. The number of aromatic nitrogens is 1. The van der Waals surface area contributed by atoms with Gasteiger partial charge in [-0.05, 0) is 56.0 Å². The first-order valence-corrected chi connectivity index (χ1v) is 11.4. The third-order valence-corrected chi connectivity index (χ3v) is 6.97. The van der Waals surface area contributed by atoms with Crippen LogP contribution in [0.1, 0.15) is 18.4 Å². The van der Waals surface area contributed by atoms with E-state index in [0.29, 0.717) is 6.54 Å². The smallest absolute Gasteiger partial charge is 0.256 e. The van der Waals surface area contributed by atoms with Crippen LogP contribution in [0.15, 0.2) is 65.7 Å². The van der Waals surface area contributed by atoms with Crippen molar-refractivity contribution in [3.8, 4) is 0 Å². The molecule has 0 radical (unpaired) electrons. The van der Waals surface area contributed by atoms with E-state index in [2.05, 4.69) is 44.9 Å². The highest BCUT2D eigenvalue weighted by atomic mass is 32.2. The van der Waals surface area contributed by atoms with E-state index in [1.165, 1.54) is 18.4 Å². The van der Waals surface area contributed by atoms with Gasteiger partial charge in [0.25, 0.3) is 10.0 Å². The van der Waals surface area contributed by atoms with Crippen LogP contribution in [0.25, 0.3) is 10.9 Å². The third kappa shape index (κ3) is 4.63. The normalized spacial score (nSPS) is 16.6. The summed E-state index contributed by atoms with van der Waals surface area (Å²) in [5, 5.41) is 1.14. The number of fused-ring (bicyclic) bond motifs is 1. The average molecular weight is 398 g/mol. The van der Waals surface area contributed by atoms with Crippen LogP contribution < -0.4 is 4.72 Å². The number of H-pyrrole nitrogens is 1. The van der Waals surface area contributed by atoms with Crippen molar-refractivity contribution in [3.63, 3.8) is 0 Å². The Morgan fingerprint density at radius 2 is 1.71 bits per heavy atom. The molecule has 1 fully saturated rings. The zero-order chi connectivity index (χ0) is 19.4. The van der Waals surface area contributed by atoms with Crippen molar-refractivity contribution < 1.29 is 8.42 Å². The Morgan fingerprint density at radius 3 is 2.46 bits per heavy atom. The minimum atomic E-state index is -3.51. The fourth-order valence-corrected chi connectivity index (χ4v) is 5.01. The molecule has 0 unspecified atom stereocenters. The molecule has 3 aromatic rings. The van der Waals surface area contributed by atoms with Gasteiger partial charge >= 0.3 is 0 Å². The Kier molecular flexibility index (Phi) is 5.80. The third-order valence-electron chi connectivity index (χ3n) is 5.59. The summed E-state index contributed by atoms with van der Waals surface area (Å²) in [5.41, 5.74) is 2.25. The van der Waals surface area contributed by atoms with Gasteiger partial charge in [-0.2, -0.15) is 0 Å². The fourth-order valence-electron chi connectivity index (χ4n) is 3.97. The van der Waals surface area contributed by atoms with Crippen molar-refractivity contribution in [2.75, 3.05) is 26.2 Å². The first-order valence-electron chi connectivity index (χ1n) is 9.94. The largest absolute Gasteiger partial charge is 0.345 e. The van der Waals surface area contributed by atoms with Crippen molar-refractivity contribution in [1.29, 1.82) is 0 Å². The van der Waals surface area contributed by atoms with Crippen LogP contribution >= 0.6 is 0 Å². The predicted molar refractivity (Wildman–Crippen MR) is 113 cm³/mol. The summed E-state index contributed by atoms with van der Waals surface area (Å²) < 4.78 is 27.8. The number of aromatic amines is 1. The van der Waals surface area contributed by atoms with Crippen LogP contribution in [-0.2, 0) is 16.4 Å². The molecule has 2 heterocycles. The highest BCUT2D eigenvalue weighted by Crippen LogP contribution is 2.21. The number of nitrogens with zero attached hydrogens (tertiary/aromatic N) is 1. The number of piperidine rings is 1. The van der Waals surface area contributed by atoms with Gasteiger partial charge in [0.05, 0.1) is 0 Å². The maximum Gasteiger partial charge on any atom is 0.256 e. The summed E-state index contributed by atoms with van der Waals surface area (Å²) in [6, 6.07) is 19.9. The molecule has 1 saturated heterocycles. The van der Waals surface area contributed by atoms with E-state index in [0.717, 1.165) is 42.9 Å². The molecule has 5 nitrogen and oxygen atoms in total.